The molecule has 0 spiro atoms. The van der Waals surface area contributed by atoms with Gasteiger partial charge in [0.1, 0.15) is 5.82 Å². The zero-order valence-corrected chi connectivity index (χ0v) is 12.4. The molecule has 0 aliphatic heterocycles. The zero-order valence-electron chi connectivity index (χ0n) is 10.1. The fraction of sp³-hybridized carbons (Fsp3) is 0.143. The Kier molecular flexibility index (Phi) is 4.42. The number of hydrogen-bond donors (Lipinski definition) is 1. The minimum atomic E-state index is -0.702. The summed E-state index contributed by atoms with van der Waals surface area (Å²) in [6.07, 6.45) is 0. The van der Waals surface area contributed by atoms with Crippen molar-refractivity contribution in [1.29, 1.82) is 0 Å². The summed E-state index contributed by atoms with van der Waals surface area (Å²) < 4.78 is 27.6. The van der Waals surface area contributed by atoms with Crippen molar-refractivity contribution in [3.63, 3.8) is 0 Å². The Bertz CT molecular complexity index is 581. The third-order valence-electron chi connectivity index (χ3n) is 2.72. The van der Waals surface area contributed by atoms with Gasteiger partial charge in [-0.2, -0.15) is 0 Å². The first-order chi connectivity index (χ1) is 8.97. The van der Waals surface area contributed by atoms with Crippen LogP contribution in [0.4, 0.5) is 14.5 Å². The molecule has 5 heteroatoms. The predicted octanol–water partition coefficient (Wildman–Crippen LogP) is 5.55. The Morgan fingerprint density at radius 2 is 1.95 bits per heavy atom. The number of halogens is 4. The van der Waals surface area contributed by atoms with E-state index in [1.807, 2.05) is 31.2 Å². The molecular weight excluding hydrogens is 336 g/mol. The molecule has 1 nitrogen and oxygen atoms in total. The van der Waals surface area contributed by atoms with Crippen LogP contribution in [0.1, 0.15) is 18.5 Å². The van der Waals surface area contributed by atoms with Crippen molar-refractivity contribution in [2.24, 2.45) is 0 Å². The Balaban J connectivity index is 2.26. The molecule has 2 aromatic carbocycles. The highest BCUT2D eigenvalue weighted by atomic mass is 79.9. The van der Waals surface area contributed by atoms with Crippen molar-refractivity contribution in [2.45, 2.75) is 13.0 Å². The maximum Gasteiger partial charge on any atom is 0.150 e. The average molecular weight is 347 g/mol. The summed E-state index contributed by atoms with van der Waals surface area (Å²) in [6, 6.07) is 9.37. The molecule has 0 fully saturated rings. The molecule has 0 aliphatic carbocycles. The standard InChI is InChI=1S/C14H11BrClF2N/c1-8(9-3-2-4-10(15)5-9)19-14-12(16)6-11(17)7-13(14)18/h2-8,19H,1H3. The van der Waals surface area contributed by atoms with Crippen molar-refractivity contribution < 1.29 is 8.78 Å². The molecule has 0 saturated carbocycles. The average Bonchev–Trinajstić information content (AvgIpc) is 2.33. The highest BCUT2D eigenvalue weighted by Gasteiger charge is 2.13. The summed E-state index contributed by atoms with van der Waals surface area (Å²) in [7, 11) is 0. The molecule has 0 aromatic heterocycles. The minimum Gasteiger partial charge on any atom is -0.375 e. The molecule has 1 N–H and O–H groups in total. The molecule has 0 radical (unpaired) electrons. The molecule has 1 unspecified atom stereocenters. The van der Waals surface area contributed by atoms with E-state index in [0.29, 0.717) is 0 Å². The first-order valence-electron chi connectivity index (χ1n) is 5.64. The van der Waals surface area contributed by atoms with Crippen molar-refractivity contribution >= 4 is 33.2 Å². The molecule has 0 amide bonds. The van der Waals surface area contributed by atoms with Crippen molar-refractivity contribution in [1.82, 2.24) is 0 Å². The lowest BCUT2D eigenvalue weighted by atomic mass is 10.1. The topological polar surface area (TPSA) is 12.0 Å². The van der Waals surface area contributed by atoms with E-state index < -0.39 is 11.6 Å². The number of anilines is 1. The third kappa shape index (κ3) is 3.45. The van der Waals surface area contributed by atoms with E-state index in [9.17, 15) is 8.78 Å². The second-order valence-electron chi connectivity index (χ2n) is 4.17. The van der Waals surface area contributed by atoms with Gasteiger partial charge >= 0.3 is 0 Å². The van der Waals surface area contributed by atoms with Gasteiger partial charge in [0.25, 0.3) is 0 Å². The largest absolute Gasteiger partial charge is 0.375 e. The second-order valence-corrected chi connectivity index (χ2v) is 5.49. The van der Waals surface area contributed by atoms with E-state index in [-0.39, 0.29) is 16.8 Å². The van der Waals surface area contributed by atoms with Crippen LogP contribution in [-0.4, -0.2) is 0 Å². The van der Waals surface area contributed by atoms with Gasteiger partial charge in [0, 0.05) is 16.6 Å². The summed E-state index contributed by atoms with van der Waals surface area (Å²) in [6.45, 7) is 1.88. The Morgan fingerprint density at radius 3 is 2.58 bits per heavy atom. The van der Waals surface area contributed by atoms with E-state index in [1.54, 1.807) is 0 Å². The van der Waals surface area contributed by atoms with Gasteiger partial charge in [-0.25, -0.2) is 8.78 Å². The van der Waals surface area contributed by atoms with Gasteiger partial charge in [-0.15, -0.1) is 0 Å². The smallest absolute Gasteiger partial charge is 0.150 e. The molecule has 100 valence electrons. The predicted molar refractivity (Wildman–Crippen MR) is 77.5 cm³/mol. The minimum absolute atomic E-state index is 0.0272. The Morgan fingerprint density at radius 1 is 1.21 bits per heavy atom. The number of benzene rings is 2. The van der Waals surface area contributed by atoms with E-state index in [4.69, 9.17) is 11.6 Å². The first-order valence-corrected chi connectivity index (χ1v) is 6.81. The molecule has 19 heavy (non-hydrogen) atoms. The van der Waals surface area contributed by atoms with Crippen LogP contribution in [0.2, 0.25) is 5.02 Å². The van der Waals surface area contributed by atoms with Crippen molar-refractivity contribution in [3.05, 3.63) is 63.1 Å². The molecule has 0 aliphatic rings. The molecule has 2 rings (SSSR count). The maximum atomic E-state index is 13.7. The number of nitrogens with one attached hydrogen (secondary N) is 1. The second kappa shape index (κ2) is 5.88. The summed E-state index contributed by atoms with van der Waals surface area (Å²) in [5, 5.41) is 2.98. The summed E-state index contributed by atoms with van der Waals surface area (Å²) in [5.41, 5.74) is 1.07. The molecule has 1 atom stereocenters. The van der Waals surface area contributed by atoms with Crippen LogP contribution in [0.25, 0.3) is 0 Å². The van der Waals surface area contributed by atoms with Crippen molar-refractivity contribution in [3.8, 4) is 0 Å². The van der Waals surface area contributed by atoms with Crippen LogP contribution in [0.3, 0.4) is 0 Å². The van der Waals surface area contributed by atoms with Gasteiger partial charge in [0.15, 0.2) is 5.82 Å². The summed E-state index contributed by atoms with van der Waals surface area (Å²) in [5.74, 6) is -1.39. The summed E-state index contributed by atoms with van der Waals surface area (Å²) >= 11 is 9.22. The molecule has 0 heterocycles. The van der Waals surface area contributed by atoms with E-state index in [1.165, 1.54) is 0 Å². The highest BCUT2D eigenvalue weighted by Crippen LogP contribution is 2.30. The quantitative estimate of drug-likeness (QED) is 0.768. The van der Waals surface area contributed by atoms with Gasteiger partial charge in [0.05, 0.1) is 10.7 Å². The monoisotopic (exact) mass is 345 g/mol. The lowest BCUT2D eigenvalue weighted by molar-refractivity contribution is 0.584. The molecule has 2 aromatic rings. The Hall–Kier alpha value is -1.13. The van der Waals surface area contributed by atoms with Gasteiger partial charge in [-0.1, -0.05) is 39.7 Å². The first kappa shape index (κ1) is 14.3. The van der Waals surface area contributed by atoms with Crippen LogP contribution in [0.15, 0.2) is 40.9 Å². The highest BCUT2D eigenvalue weighted by molar-refractivity contribution is 9.10. The van der Waals surface area contributed by atoms with E-state index in [2.05, 4.69) is 21.2 Å². The fourth-order valence-corrected chi connectivity index (χ4v) is 2.42. The van der Waals surface area contributed by atoms with Crippen LogP contribution >= 0.6 is 27.5 Å². The molecule has 0 bridgehead atoms. The van der Waals surface area contributed by atoms with Gasteiger partial charge in [-0.3, -0.25) is 0 Å². The van der Waals surface area contributed by atoms with E-state index >= 15 is 0 Å². The molecular formula is C14H11BrClF2N. The normalized spacial score (nSPS) is 12.3. The van der Waals surface area contributed by atoms with Crippen LogP contribution in [0, 0.1) is 11.6 Å². The van der Waals surface area contributed by atoms with Gasteiger partial charge < -0.3 is 5.32 Å². The summed E-state index contributed by atoms with van der Waals surface area (Å²) in [4.78, 5) is 0. The van der Waals surface area contributed by atoms with Crippen LogP contribution < -0.4 is 5.32 Å². The lowest BCUT2D eigenvalue weighted by Gasteiger charge is -2.17. The molecule has 0 saturated heterocycles. The fourth-order valence-electron chi connectivity index (χ4n) is 1.76. The van der Waals surface area contributed by atoms with Gasteiger partial charge in [0.2, 0.25) is 0 Å². The number of rotatable bonds is 3. The SMILES string of the molecule is CC(Nc1c(F)cc(F)cc1Cl)c1cccc(Br)c1. The number of hydrogen-bond acceptors (Lipinski definition) is 1. The maximum absolute atomic E-state index is 13.7. The van der Waals surface area contributed by atoms with E-state index in [0.717, 1.165) is 22.2 Å². The lowest BCUT2D eigenvalue weighted by Crippen LogP contribution is -2.08. The van der Waals surface area contributed by atoms with Crippen molar-refractivity contribution in [2.75, 3.05) is 5.32 Å². The zero-order chi connectivity index (χ0) is 14.0. The van der Waals surface area contributed by atoms with Crippen LogP contribution in [-0.2, 0) is 0 Å². The van der Waals surface area contributed by atoms with Crippen LogP contribution in [0.5, 0.6) is 0 Å². The third-order valence-corrected chi connectivity index (χ3v) is 3.51. The Labute approximate surface area is 123 Å². The van der Waals surface area contributed by atoms with Gasteiger partial charge in [-0.05, 0) is 30.7 Å².